The first-order valence-electron chi connectivity index (χ1n) is 11.1. The maximum absolute atomic E-state index is 11.5. The van der Waals surface area contributed by atoms with Gasteiger partial charge in [0.05, 0.1) is 7.11 Å². The molecule has 0 aliphatic heterocycles. The van der Waals surface area contributed by atoms with Gasteiger partial charge in [-0.1, -0.05) is 63.9 Å². The standard InChI is InChI=1S/C27H31NO3/c1-27(2,3)19-11-9-18(10-12-19)25(17-7-5-6-8-17)20-13-14-24(31-4)21-15-23(26(29)30)28-16-22(20)21/h9-17,25H,5-8H2,1-4H3,(H,29,30). The lowest BCUT2D eigenvalue weighted by Gasteiger charge is -2.27. The van der Waals surface area contributed by atoms with Crippen LogP contribution in [0.4, 0.5) is 0 Å². The van der Waals surface area contributed by atoms with Gasteiger partial charge in [0.25, 0.3) is 0 Å². The molecular formula is C27H31NO3. The van der Waals surface area contributed by atoms with Crippen molar-refractivity contribution in [2.75, 3.05) is 7.11 Å². The molecule has 1 aliphatic rings. The van der Waals surface area contributed by atoms with E-state index in [1.54, 1.807) is 19.4 Å². The maximum atomic E-state index is 11.5. The Bertz CT molecular complexity index is 1090. The zero-order valence-corrected chi connectivity index (χ0v) is 18.8. The molecule has 3 aromatic rings. The van der Waals surface area contributed by atoms with Crippen LogP contribution in [0.3, 0.4) is 0 Å². The fourth-order valence-electron chi connectivity index (χ4n) is 4.99. The Morgan fingerprint density at radius 1 is 1.06 bits per heavy atom. The summed E-state index contributed by atoms with van der Waals surface area (Å²) >= 11 is 0. The Hall–Kier alpha value is -2.88. The Balaban J connectivity index is 1.88. The molecule has 4 nitrogen and oxygen atoms in total. The van der Waals surface area contributed by atoms with Gasteiger partial charge >= 0.3 is 5.97 Å². The number of aromatic carboxylic acids is 1. The molecule has 1 fully saturated rings. The van der Waals surface area contributed by atoms with Gasteiger partial charge in [-0.25, -0.2) is 9.78 Å². The highest BCUT2D eigenvalue weighted by Gasteiger charge is 2.30. The number of rotatable bonds is 5. The SMILES string of the molecule is COc1ccc(C(c2ccc(C(C)(C)C)cc2)C2CCCC2)c2cnc(C(=O)O)cc12. The second-order valence-corrected chi connectivity index (χ2v) is 9.67. The molecular weight excluding hydrogens is 386 g/mol. The van der Waals surface area contributed by atoms with Gasteiger partial charge in [-0.15, -0.1) is 0 Å². The molecule has 0 amide bonds. The Kier molecular flexibility index (Phi) is 5.74. The highest BCUT2D eigenvalue weighted by molar-refractivity contribution is 5.96. The smallest absolute Gasteiger partial charge is 0.354 e. The van der Waals surface area contributed by atoms with Crippen LogP contribution in [0.2, 0.25) is 0 Å². The van der Waals surface area contributed by atoms with E-state index in [0.717, 1.165) is 10.8 Å². The van der Waals surface area contributed by atoms with Crippen molar-refractivity contribution in [1.29, 1.82) is 0 Å². The normalized spacial score (nSPS) is 15.9. The Morgan fingerprint density at radius 2 is 1.74 bits per heavy atom. The van der Waals surface area contributed by atoms with Crippen LogP contribution in [-0.2, 0) is 5.41 Å². The predicted octanol–water partition coefficient (Wildman–Crippen LogP) is 6.56. The summed E-state index contributed by atoms with van der Waals surface area (Å²) in [5, 5.41) is 11.2. The summed E-state index contributed by atoms with van der Waals surface area (Å²) < 4.78 is 5.56. The quantitative estimate of drug-likeness (QED) is 0.511. The number of methoxy groups -OCH3 is 1. The van der Waals surface area contributed by atoms with Crippen molar-refractivity contribution < 1.29 is 14.6 Å². The van der Waals surface area contributed by atoms with Gasteiger partial charge in [-0.2, -0.15) is 0 Å². The largest absolute Gasteiger partial charge is 0.496 e. The van der Waals surface area contributed by atoms with E-state index in [-0.39, 0.29) is 17.0 Å². The van der Waals surface area contributed by atoms with Gasteiger partial charge in [0.15, 0.2) is 0 Å². The number of hydrogen-bond acceptors (Lipinski definition) is 3. The molecule has 1 heterocycles. The second-order valence-electron chi connectivity index (χ2n) is 9.67. The summed E-state index contributed by atoms with van der Waals surface area (Å²) in [6.45, 7) is 6.71. The van der Waals surface area contributed by atoms with Gasteiger partial charge in [-0.05, 0) is 53.0 Å². The van der Waals surface area contributed by atoms with Crippen LogP contribution in [0.5, 0.6) is 5.75 Å². The lowest BCUT2D eigenvalue weighted by Crippen LogP contribution is -2.14. The van der Waals surface area contributed by atoms with Gasteiger partial charge in [0.2, 0.25) is 0 Å². The molecule has 4 rings (SSSR count). The van der Waals surface area contributed by atoms with Crippen LogP contribution in [0, 0.1) is 5.92 Å². The highest BCUT2D eigenvalue weighted by atomic mass is 16.5. The van der Waals surface area contributed by atoms with E-state index in [2.05, 4.69) is 56.1 Å². The van der Waals surface area contributed by atoms with E-state index in [1.807, 2.05) is 6.07 Å². The molecule has 162 valence electrons. The second kappa shape index (κ2) is 8.33. The van der Waals surface area contributed by atoms with E-state index in [4.69, 9.17) is 4.74 Å². The number of hydrogen-bond donors (Lipinski definition) is 1. The third kappa shape index (κ3) is 4.16. The lowest BCUT2D eigenvalue weighted by atomic mass is 9.77. The van der Waals surface area contributed by atoms with Crippen molar-refractivity contribution in [3.05, 3.63) is 71.0 Å². The number of benzene rings is 2. The molecule has 1 aliphatic carbocycles. The average molecular weight is 418 g/mol. The molecule has 1 atom stereocenters. The van der Waals surface area contributed by atoms with Crippen molar-refractivity contribution in [3.8, 4) is 5.75 Å². The zero-order chi connectivity index (χ0) is 22.2. The van der Waals surface area contributed by atoms with Gasteiger partial charge in [0, 0.05) is 22.9 Å². The van der Waals surface area contributed by atoms with Crippen molar-refractivity contribution in [3.63, 3.8) is 0 Å². The highest BCUT2D eigenvalue weighted by Crippen LogP contribution is 2.45. The topological polar surface area (TPSA) is 59.4 Å². The first kappa shape index (κ1) is 21.4. The first-order valence-corrected chi connectivity index (χ1v) is 11.1. The van der Waals surface area contributed by atoms with E-state index in [9.17, 15) is 9.90 Å². The van der Waals surface area contributed by atoms with Gasteiger partial charge in [0.1, 0.15) is 11.4 Å². The average Bonchev–Trinajstić information content (AvgIpc) is 3.27. The molecule has 0 spiro atoms. The fourth-order valence-corrected chi connectivity index (χ4v) is 4.99. The summed E-state index contributed by atoms with van der Waals surface area (Å²) in [5.41, 5.74) is 4.00. The van der Waals surface area contributed by atoms with Gasteiger partial charge < -0.3 is 9.84 Å². The van der Waals surface area contributed by atoms with Crippen molar-refractivity contribution >= 4 is 16.7 Å². The number of pyridine rings is 1. The molecule has 1 saturated carbocycles. The van der Waals surface area contributed by atoms with E-state index < -0.39 is 5.97 Å². The van der Waals surface area contributed by atoms with E-state index in [1.165, 1.54) is 42.4 Å². The zero-order valence-electron chi connectivity index (χ0n) is 18.8. The van der Waals surface area contributed by atoms with Crippen LogP contribution < -0.4 is 4.74 Å². The summed E-state index contributed by atoms with van der Waals surface area (Å²) in [4.78, 5) is 15.7. The maximum Gasteiger partial charge on any atom is 0.354 e. The minimum absolute atomic E-state index is 0.0369. The van der Waals surface area contributed by atoms with Gasteiger partial charge in [-0.3, -0.25) is 0 Å². The molecule has 1 aromatic heterocycles. The number of ether oxygens (including phenoxy) is 1. The molecule has 31 heavy (non-hydrogen) atoms. The summed E-state index contributed by atoms with van der Waals surface area (Å²) in [6.07, 6.45) is 6.65. The molecule has 0 bridgehead atoms. The number of nitrogens with zero attached hydrogens (tertiary/aromatic N) is 1. The first-order chi connectivity index (χ1) is 14.8. The van der Waals surface area contributed by atoms with Crippen LogP contribution >= 0.6 is 0 Å². The number of aromatic nitrogens is 1. The minimum atomic E-state index is -1.03. The number of carboxylic acids is 1. The van der Waals surface area contributed by atoms with Crippen molar-refractivity contribution in [2.45, 2.75) is 57.8 Å². The third-order valence-electron chi connectivity index (χ3n) is 6.68. The van der Waals surface area contributed by atoms with Crippen LogP contribution in [-0.4, -0.2) is 23.2 Å². The predicted molar refractivity (Wildman–Crippen MR) is 124 cm³/mol. The van der Waals surface area contributed by atoms with Crippen molar-refractivity contribution in [2.24, 2.45) is 5.92 Å². The van der Waals surface area contributed by atoms with Crippen molar-refractivity contribution in [1.82, 2.24) is 4.98 Å². The number of carbonyl (C=O) groups is 1. The van der Waals surface area contributed by atoms with E-state index >= 15 is 0 Å². The van der Waals surface area contributed by atoms with Crippen LogP contribution in [0.15, 0.2) is 48.7 Å². The summed E-state index contributed by atoms with van der Waals surface area (Å²) in [6, 6.07) is 14.8. The molecule has 2 aromatic carbocycles. The molecule has 4 heteroatoms. The Morgan fingerprint density at radius 3 is 2.32 bits per heavy atom. The van der Waals surface area contributed by atoms with Crippen LogP contribution in [0.1, 0.15) is 79.6 Å². The minimum Gasteiger partial charge on any atom is -0.496 e. The summed E-state index contributed by atoms with van der Waals surface area (Å²) in [7, 11) is 1.62. The molecule has 0 radical (unpaired) electrons. The molecule has 1 unspecified atom stereocenters. The number of carboxylic acid groups (broad SMARTS) is 1. The molecule has 1 N–H and O–H groups in total. The fraction of sp³-hybridized carbons (Fsp3) is 0.407. The molecule has 0 saturated heterocycles. The van der Waals surface area contributed by atoms with Crippen LogP contribution in [0.25, 0.3) is 10.8 Å². The Labute approximate surface area is 184 Å². The lowest BCUT2D eigenvalue weighted by molar-refractivity contribution is 0.0690. The summed E-state index contributed by atoms with van der Waals surface area (Å²) in [5.74, 6) is 0.468. The van der Waals surface area contributed by atoms with E-state index in [0.29, 0.717) is 11.7 Å². The third-order valence-corrected chi connectivity index (χ3v) is 6.68. The number of fused-ring (bicyclic) bond motifs is 1. The monoisotopic (exact) mass is 417 g/mol.